The maximum Gasteiger partial charge on any atom is 0.126 e. The lowest BCUT2D eigenvalue weighted by Gasteiger charge is -2.25. The Bertz CT molecular complexity index is 358. The molecule has 1 aromatic carbocycles. The van der Waals surface area contributed by atoms with Gasteiger partial charge in [0.2, 0.25) is 0 Å². The second kappa shape index (κ2) is 6.81. The van der Waals surface area contributed by atoms with Crippen LogP contribution in [0.2, 0.25) is 0 Å². The number of hydrogen-bond donors (Lipinski definition) is 2. The van der Waals surface area contributed by atoms with Crippen molar-refractivity contribution < 1.29 is 13.9 Å². The Kier molecular flexibility index (Phi) is 5.69. The summed E-state index contributed by atoms with van der Waals surface area (Å²) >= 11 is 0. The van der Waals surface area contributed by atoms with Gasteiger partial charge in [0.1, 0.15) is 11.6 Å². The van der Waals surface area contributed by atoms with Gasteiger partial charge in [-0.3, -0.25) is 0 Å². The van der Waals surface area contributed by atoms with Gasteiger partial charge in [-0.05, 0) is 37.1 Å². The number of nitrogens with one attached hydrogen (secondary N) is 1. The topological polar surface area (TPSA) is 32.3 Å². The average Bonchev–Trinajstić information content (AvgIpc) is 2.33. The van der Waals surface area contributed by atoms with E-state index in [0.717, 1.165) is 12.5 Å². The SMILES string of the molecule is CCC(C)(CO)CNCCc1cc(F)cc(F)c1. The number of rotatable bonds is 7. The van der Waals surface area contributed by atoms with E-state index in [0.29, 0.717) is 25.1 Å². The summed E-state index contributed by atoms with van der Waals surface area (Å²) in [6.07, 6.45) is 1.45. The molecule has 0 aliphatic heterocycles. The van der Waals surface area contributed by atoms with E-state index in [4.69, 9.17) is 0 Å². The number of halogens is 2. The Morgan fingerprint density at radius 2 is 1.83 bits per heavy atom. The normalized spacial score (nSPS) is 14.5. The second-order valence-electron chi connectivity index (χ2n) is 5.03. The monoisotopic (exact) mass is 257 g/mol. The molecule has 0 bridgehead atoms. The van der Waals surface area contributed by atoms with E-state index < -0.39 is 11.6 Å². The number of aliphatic hydroxyl groups is 1. The Morgan fingerprint density at radius 3 is 2.33 bits per heavy atom. The van der Waals surface area contributed by atoms with Crippen molar-refractivity contribution in [1.82, 2.24) is 5.32 Å². The summed E-state index contributed by atoms with van der Waals surface area (Å²) in [5.41, 5.74) is 0.509. The van der Waals surface area contributed by atoms with Crippen molar-refractivity contribution in [2.45, 2.75) is 26.7 Å². The zero-order chi connectivity index (χ0) is 13.6. The molecule has 18 heavy (non-hydrogen) atoms. The Labute approximate surface area is 107 Å². The highest BCUT2D eigenvalue weighted by Gasteiger charge is 2.19. The molecule has 0 aromatic heterocycles. The summed E-state index contributed by atoms with van der Waals surface area (Å²) in [5, 5.41) is 12.4. The number of hydrogen-bond acceptors (Lipinski definition) is 2. The minimum atomic E-state index is -0.543. The van der Waals surface area contributed by atoms with Crippen molar-refractivity contribution in [3.05, 3.63) is 35.4 Å². The van der Waals surface area contributed by atoms with Gasteiger partial charge in [0.15, 0.2) is 0 Å². The molecule has 2 N–H and O–H groups in total. The molecule has 0 aliphatic carbocycles. The summed E-state index contributed by atoms with van der Waals surface area (Å²) in [5.74, 6) is -1.09. The van der Waals surface area contributed by atoms with Crippen molar-refractivity contribution >= 4 is 0 Å². The summed E-state index contributed by atoms with van der Waals surface area (Å²) in [7, 11) is 0. The Balaban J connectivity index is 2.38. The Morgan fingerprint density at radius 1 is 1.22 bits per heavy atom. The Hall–Kier alpha value is -1.00. The molecule has 0 spiro atoms. The van der Waals surface area contributed by atoms with Crippen LogP contribution in [-0.4, -0.2) is 24.8 Å². The molecule has 0 aliphatic rings. The summed E-state index contributed by atoms with van der Waals surface area (Å²) in [6, 6.07) is 3.56. The van der Waals surface area contributed by atoms with Gasteiger partial charge >= 0.3 is 0 Å². The third-order valence-corrected chi connectivity index (χ3v) is 3.30. The van der Waals surface area contributed by atoms with E-state index in [1.165, 1.54) is 12.1 Å². The van der Waals surface area contributed by atoms with Crippen molar-refractivity contribution in [1.29, 1.82) is 0 Å². The van der Waals surface area contributed by atoms with Crippen LogP contribution < -0.4 is 5.32 Å². The molecule has 1 rings (SSSR count). The van der Waals surface area contributed by atoms with Crippen molar-refractivity contribution in [2.24, 2.45) is 5.41 Å². The van der Waals surface area contributed by atoms with Crippen LogP contribution in [0.5, 0.6) is 0 Å². The molecular formula is C14H21F2NO. The van der Waals surface area contributed by atoms with Crippen molar-refractivity contribution in [3.63, 3.8) is 0 Å². The molecule has 0 fully saturated rings. The van der Waals surface area contributed by atoms with Crippen LogP contribution in [0.4, 0.5) is 8.78 Å². The maximum absolute atomic E-state index is 12.9. The molecule has 0 amide bonds. The molecular weight excluding hydrogens is 236 g/mol. The van der Waals surface area contributed by atoms with Gasteiger partial charge in [0, 0.05) is 24.6 Å². The van der Waals surface area contributed by atoms with Gasteiger partial charge in [0.05, 0.1) is 0 Å². The first kappa shape index (κ1) is 15.1. The molecule has 1 unspecified atom stereocenters. The number of benzene rings is 1. The minimum absolute atomic E-state index is 0.130. The van der Waals surface area contributed by atoms with E-state index in [1.807, 2.05) is 13.8 Å². The standard InChI is InChI=1S/C14H21F2NO/c1-3-14(2,10-18)9-17-5-4-11-6-12(15)8-13(16)7-11/h6-8,17-18H,3-5,9-10H2,1-2H3. The second-order valence-corrected chi connectivity index (χ2v) is 5.03. The lowest BCUT2D eigenvalue weighted by molar-refractivity contribution is 0.136. The molecule has 0 saturated heterocycles. The zero-order valence-corrected chi connectivity index (χ0v) is 11.0. The first-order valence-corrected chi connectivity index (χ1v) is 6.25. The maximum atomic E-state index is 12.9. The van der Waals surface area contributed by atoms with Gasteiger partial charge in [-0.1, -0.05) is 13.8 Å². The molecule has 1 aromatic rings. The first-order chi connectivity index (χ1) is 8.49. The van der Waals surface area contributed by atoms with Crippen molar-refractivity contribution in [2.75, 3.05) is 19.7 Å². The largest absolute Gasteiger partial charge is 0.396 e. The van der Waals surface area contributed by atoms with E-state index in [9.17, 15) is 13.9 Å². The third kappa shape index (κ3) is 4.70. The highest BCUT2D eigenvalue weighted by atomic mass is 19.1. The van der Waals surface area contributed by atoms with E-state index in [2.05, 4.69) is 5.32 Å². The van der Waals surface area contributed by atoms with Gasteiger partial charge < -0.3 is 10.4 Å². The third-order valence-electron chi connectivity index (χ3n) is 3.30. The molecule has 4 heteroatoms. The van der Waals surface area contributed by atoms with E-state index in [-0.39, 0.29) is 12.0 Å². The van der Waals surface area contributed by atoms with Gasteiger partial charge in [-0.15, -0.1) is 0 Å². The summed E-state index contributed by atoms with van der Waals surface area (Å²) in [4.78, 5) is 0. The minimum Gasteiger partial charge on any atom is -0.396 e. The van der Waals surface area contributed by atoms with Crippen LogP contribution in [0.1, 0.15) is 25.8 Å². The fraction of sp³-hybridized carbons (Fsp3) is 0.571. The lowest BCUT2D eigenvalue weighted by atomic mass is 9.88. The lowest BCUT2D eigenvalue weighted by Crippen LogP contribution is -2.35. The predicted octanol–water partition coefficient (Wildman–Crippen LogP) is 2.51. The molecule has 1 atom stereocenters. The van der Waals surface area contributed by atoms with Gasteiger partial charge in [-0.25, -0.2) is 8.78 Å². The average molecular weight is 257 g/mol. The molecule has 0 heterocycles. The summed E-state index contributed by atoms with van der Waals surface area (Å²) in [6.45, 7) is 5.49. The van der Waals surface area contributed by atoms with Gasteiger partial charge in [0.25, 0.3) is 0 Å². The zero-order valence-electron chi connectivity index (χ0n) is 11.0. The van der Waals surface area contributed by atoms with E-state index >= 15 is 0 Å². The quantitative estimate of drug-likeness (QED) is 0.736. The fourth-order valence-electron chi connectivity index (χ4n) is 1.67. The van der Waals surface area contributed by atoms with Crippen LogP contribution in [0.15, 0.2) is 18.2 Å². The smallest absolute Gasteiger partial charge is 0.126 e. The molecule has 102 valence electrons. The number of aliphatic hydroxyl groups excluding tert-OH is 1. The van der Waals surface area contributed by atoms with Crippen molar-refractivity contribution in [3.8, 4) is 0 Å². The molecule has 0 radical (unpaired) electrons. The first-order valence-electron chi connectivity index (χ1n) is 6.25. The van der Waals surface area contributed by atoms with Crippen LogP contribution in [-0.2, 0) is 6.42 Å². The van der Waals surface area contributed by atoms with E-state index in [1.54, 1.807) is 0 Å². The fourth-order valence-corrected chi connectivity index (χ4v) is 1.67. The highest BCUT2D eigenvalue weighted by Crippen LogP contribution is 2.18. The predicted molar refractivity (Wildman–Crippen MR) is 68.4 cm³/mol. The van der Waals surface area contributed by atoms with Crippen LogP contribution in [0.3, 0.4) is 0 Å². The van der Waals surface area contributed by atoms with Crippen LogP contribution in [0.25, 0.3) is 0 Å². The van der Waals surface area contributed by atoms with Crippen LogP contribution in [0, 0.1) is 17.0 Å². The molecule has 2 nitrogen and oxygen atoms in total. The van der Waals surface area contributed by atoms with Crippen LogP contribution >= 0.6 is 0 Å². The van der Waals surface area contributed by atoms with Gasteiger partial charge in [-0.2, -0.15) is 0 Å². The molecule has 0 saturated carbocycles. The summed E-state index contributed by atoms with van der Waals surface area (Å²) < 4.78 is 25.9. The highest BCUT2D eigenvalue weighted by molar-refractivity contribution is 5.18.